The topological polar surface area (TPSA) is 66.2 Å². The standard InChI is InChI=1S/C30H24BrN3O3S/c1-36-26-17-13-25(14-18-26)34-29(19-37-27-15-9-22(10-16-27)21-5-3-2-4-6-21)32-33-30(34)38-20-28(35)23-7-11-24(31)12-8-23/h2-18H,19-20H2,1H3. The Labute approximate surface area is 233 Å². The quantitative estimate of drug-likeness (QED) is 0.127. The van der Waals surface area contributed by atoms with E-state index in [1.165, 1.54) is 11.8 Å². The molecule has 5 rings (SSSR count). The Balaban J connectivity index is 1.34. The van der Waals surface area contributed by atoms with Crippen LogP contribution < -0.4 is 9.47 Å². The maximum Gasteiger partial charge on any atom is 0.196 e. The van der Waals surface area contributed by atoms with Crippen molar-refractivity contribution in [1.29, 1.82) is 0 Å². The van der Waals surface area contributed by atoms with E-state index in [2.05, 4.69) is 38.3 Å². The number of nitrogens with zero attached hydrogens (tertiary/aromatic N) is 3. The summed E-state index contributed by atoms with van der Waals surface area (Å²) in [6, 6.07) is 33.1. The van der Waals surface area contributed by atoms with Gasteiger partial charge >= 0.3 is 0 Å². The summed E-state index contributed by atoms with van der Waals surface area (Å²) in [7, 11) is 1.63. The Kier molecular flexibility index (Phi) is 8.21. The van der Waals surface area contributed by atoms with E-state index in [0.717, 1.165) is 32.8 Å². The van der Waals surface area contributed by atoms with Crippen LogP contribution in [-0.4, -0.2) is 33.4 Å². The van der Waals surface area contributed by atoms with Gasteiger partial charge in [0.1, 0.15) is 18.1 Å². The largest absolute Gasteiger partial charge is 0.497 e. The highest BCUT2D eigenvalue weighted by atomic mass is 79.9. The number of ketones is 1. The average molecular weight is 587 g/mol. The molecule has 0 aliphatic heterocycles. The van der Waals surface area contributed by atoms with Gasteiger partial charge in [0, 0.05) is 15.7 Å². The maximum absolute atomic E-state index is 12.8. The minimum atomic E-state index is 0.0167. The summed E-state index contributed by atoms with van der Waals surface area (Å²) in [6.07, 6.45) is 0. The number of benzene rings is 4. The summed E-state index contributed by atoms with van der Waals surface area (Å²) in [6.45, 7) is 0.213. The fourth-order valence-electron chi connectivity index (χ4n) is 3.85. The first-order valence-corrected chi connectivity index (χ1v) is 13.7. The molecule has 0 bridgehead atoms. The number of thioether (sulfide) groups is 1. The molecule has 1 heterocycles. The van der Waals surface area contributed by atoms with Gasteiger partial charge in [-0.05, 0) is 59.7 Å². The number of halogens is 1. The summed E-state index contributed by atoms with van der Waals surface area (Å²) in [5.74, 6) is 2.35. The van der Waals surface area contributed by atoms with Gasteiger partial charge in [0.2, 0.25) is 0 Å². The molecule has 0 saturated carbocycles. The molecule has 0 aliphatic rings. The van der Waals surface area contributed by atoms with Crippen molar-refractivity contribution >= 4 is 33.5 Å². The second-order valence-corrected chi connectivity index (χ2v) is 10.2. The second kappa shape index (κ2) is 12.1. The van der Waals surface area contributed by atoms with Gasteiger partial charge in [-0.3, -0.25) is 9.36 Å². The van der Waals surface area contributed by atoms with Crippen molar-refractivity contribution in [3.05, 3.63) is 119 Å². The molecule has 0 N–H and O–H groups in total. The summed E-state index contributed by atoms with van der Waals surface area (Å²) in [5, 5.41) is 9.39. The van der Waals surface area contributed by atoms with Crippen molar-refractivity contribution in [2.24, 2.45) is 0 Å². The zero-order valence-corrected chi connectivity index (χ0v) is 23.0. The van der Waals surface area contributed by atoms with E-state index in [4.69, 9.17) is 9.47 Å². The maximum atomic E-state index is 12.8. The third kappa shape index (κ3) is 6.15. The van der Waals surface area contributed by atoms with Gasteiger partial charge in [-0.2, -0.15) is 0 Å². The fourth-order valence-corrected chi connectivity index (χ4v) is 4.98. The van der Waals surface area contributed by atoms with Gasteiger partial charge in [-0.1, -0.05) is 82.3 Å². The summed E-state index contributed by atoms with van der Waals surface area (Å²) < 4.78 is 14.2. The van der Waals surface area contributed by atoms with Crippen molar-refractivity contribution in [2.75, 3.05) is 12.9 Å². The van der Waals surface area contributed by atoms with Crippen molar-refractivity contribution in [1.82, 2.24) is 14.8 Å². The molecule has 190 valence electrons. The lowest BCUT2D eigenvalue weighted by molar-refractivity contribution is 0.102. The van der Waals surface area contributed by atoms with Crippen LogP contribution in [0.5, 0.6) is 11.5 Å². The van der Waals surface area contributed by atoms with Crippen LogP contribution in [0.4, 0.5) is 0 Å². The van der Waals surface area contributed by atoms with Crippen molar-refractivity contribution in [2.45, 2.75) is 11.8 Å². The minimum absolute atomic E-state index is 0.0167. The van der Waals surface area contributed by atoms with E-state index >= 15 is 0 Å². The number of hydrogen-bond donors (Lipinski definition) is 0. The van der Waals surface area contributed by atoms with Crippen LogP contribution in [0.1, 0.15) is 16.2 Å². The molecule has 0 spiro atoms. The fraction of sp³-hybridized carbons (Fsp3) is 0.100. The van der Waals surface area contributed by atoms with Gasteiger partial charge in [0.25, 0.3) is 0 Å². The molecule has 0 aliphatic carbocycles. The zero-order valence-electron chi connectivity index (χ0n) is 20.6. The van der Waals surface area contributed by atoms with E-state index in [-0.39, 0.29) is 18.1 Å². The monoisotopic (exact) mass is 585 g/mol. The van der Waals surface area contributed by atoms with E-state index in [0.29, 0.717) is 16.5 Å². The normalized spacial score (nSPS) is 10.8. The third-order valence-corrected chi connectivity index (χ3v) is 7.32. The molecule has 5 aromatic rings. The van der Waals surface area contributed by atoms with Gasteiger partial charge in [-0.25, -0.2) is 0 Å². The van der Waals surface area contributed by atoms with Gasteiger partial charge in [0.15, 0.2) is 16.8 Å². The summed E-state index contributed by atoms with van der Waals surface area (Å²) in [4.78, 5) is 12.8. The molecule has 6 nitrogen and oxygen atoms in total. The number of aromatic nitrogens is 3. The van der Waals surface area contributed by atoms with Crippen LogP contribution in [0.3, 0.4) is 0 Å². The molecule has 0 fully saturated rings. The van der Waals surface area contributed by atoms with Crippen molar-refractivity contribution in [3.8, 4) is 28.3 Å². The average Bonchev–Trinajstić information content (AvgIpc) is 3.38. The molecular formula is C30H24BrN3O3S. The lowest BCUT2D eigenvalue weighted by atomic mass is 10.1. The highest BCUT2D eigenvalue weighted by Gasteiger charge is 2.17. The number of methoxy groups -OCH3 is 1. The van der Waals surface area contributed by atoms with Crippen LogP contribution in [-0.2, 0) is 6.61 Å². The third-order valence-electron chi connectivity index (χ3n) is 5.86. The first-order valence-electron chi connectivity index (χ1n) is 11.9. The molecule has 4 aromatic carbocycles. The Morgan fingerprint density at radius 2 is 1.47 bits per heavy atom. The molecule has 0 radical (unpaired) electrons. The van der Waals surface area contributed by atoms with Gasteiger partial charge in [0.05, 0.1) is 12.9 Å². The molecule has 0 unspecified atom stereocenters. The van der Waals surface area contributed by atoms with Gasteiger partial charge < -0.3 is 9.47 Å². The Bertz CT molecular complexity index is 1500. The SMILES string of the molecule is COc1ccc(-n2c(COc3ccc(-c4ccccc4)cc3)nnc2SCC(=O)c2ccc(Br)cc2)cc1. The van der Waals surface area contributed by atoms with Crippen molar-refractivity contribution < 1.29 is 14.3 Å². The smallest absolute Gasteiger partial charge is 0.196 e. The number of hydrogen-bond acceptors (Lipinski definition) is 6. The lowest BCUT2D eigenvalue weighted by Crippen LogP contribution is -2.08. The molecular weight excluding hydrogens is 562 g/mol. The Hall–Kier alpha value is -3.88. The highest BCUT2D eigenvalue weighted by molar-refractivity contribution is 9.10. The van der Waals surface area contributed by atoms with E-state index in [1.54, 1.807) is 7.11 Å². The molecule has 38 heavy (non-hydrogen) atoms. The first-order chi connectivity index (χ1) is 18.6. The van der Waals surface area contributed by atoms with Crippen LogP contribution in [0, 0.1) is 0 Å². The van der Waals surface area contributed by atoms with E-state index in [1.807, 2.05) is 95.6 Å². The predicted molar refractivity (Wildman–Crippen MR) is 153 cm³/mol. The van der Waals surface area contributed by atoms with E-state index < -0.39 is 0 Å². The number of carbonyl (C=O) groups excluding carboxylic acids is 1. The van der Waals surface area contributed by atoms with Gasteiger partial charge in [-0.15, -0.1) is 10.2 Å². The number of rotatable bonds is 10. The van der Waals surface area contributed by atoms with E-state index in [9.17, 15) is 4.79 Å². The molecule has 0 amide bonds. The zero-order chi connectivity index (χ0) is 26.3. The Morgan fingerprint density at radius 3 is 2.16 bits per heavy atom. The lowest BCUT2D eigenvalue weighted by Gasteiger charge is -2.12. The summed E-state index contributed by atoms with van der Waals surface area (Å²) >= 11 is 4.75. The van der Waals surface area contributed by atoms with Crippen LogP contribution in [0.2, 0.25) is 0 Å². The predicted octanol–water partition coefficient (Wildman–Crippen LogP) is 7.26. The molecule has 0 atom stereocenters. The second-order valence-electron chi connectivity index (χ2n) is 8.33. The molecule has 8 heteroatoms. The van der Waals surface area contributed by atoms with Crippen LogP contribution in [0.25, 0.3) is 16.8 Å². The molecule has 0 saturated heterocycles. The summed E-state index contributed by atoms with van der Waals surface area (Å²) in [5.41, 5.74) is 3.78. The van der Waals surface area contributed by atoms with Crippen LogP contribution >= 0.6 is 27.7 Å². The first kappa shape index (κ1) is 25.8. The number of ether oxygens (including phenoxy) is 2. The highest BCUT2D eigenvalue weighted by Crippen LogP contribution is 2.27. The molecule has 1 aromatic heterocycles. The number of Topliss-reactive ketones (excluding diaryl/α,β-unsaturated/α-hetero) is 1. The number of carbonyl (C=O) groups is 1. The van der Waals surface area contributed by atoms with Crippen molar-refractivity contribution in [3.63, 3.8) is 0 Å². The minimum Gasteiger partial charge on any atom is -0.497 e. The van der Waals surface area contributed by atoms with Crippen LogP contribution in [0.15, 0.2) is 113 Å². The Morgan fingerprint density at radius 1 is 0.816 bits per heavy atom.